The summed E-state index contributed by atoms with van der Waals surface area (Å²) in [6.07, 6.45) is 0. The molecule has 0 unspecified atom stereocenters. The summed E-state index contributed by atoms with van der Waals surface area (Å²) in [6.45, 7) is 5.45. The van der Waals surface area contributed by atoms with Gasteiger partial charge in [0.25, 0.3) is 0 Å². The molecule has 108 valence electrons. The lowest BCUT2D eigenvalue weighted by molar-refractivity contribution is 0.0327. The van der Waals surface area contributed by atoms with Crippen molar-refractivity contribution in [2.45, 2.75) is 19.7 Å². The van der Waals surface area contributed by atoms with Gasteiger partial charge in [0.1, 0.15) is 5.69 Å². The summed E-state index contributed by atoms with van der Waals surface area (Å²) >= 11 is 3.54. The van der Waals surface area contributed by atoms with E-state index in [1.165, 1.54) is 0 Å². The quantitative estimate of drug-likeness (QED) is 0.826. The van der Waals surface area contributed by atoms with Crippen molar-refractivity contribution >= 4 is 15.9 Å². The van der Waals surface area contributed by atoms with Gasteiger partial charge in [0, 0.05) is 26.7 Å². The standard InChI is InChI=1S/C12H20BrN3O3/c1-18-5-4-16-11(12(13)10(9-17)14-16)8-15-2-6-19-7-3-15/h17H,2-9H2,1H3. The molecule has 19 heavy (non-hydrogen) atoms. The molecular formula is C12H20BrN3O3. The number of hydrogen-bond acceptors (Lipinski definition) is 5. The first-order chi connectivity index (χ1) is 9.26. The van der Waals surface area contributed by atoms with E-state index in [0.717, 1.165) is 43.0 Å². The van der Waals surface area contributed by atoms with E-state index in [4.69, 9.17) is 9.47 Å². The van der Waals surface area contributed by atoms with E-state index in [0.29, 0.717) is 18.8 Å². The highest BCUT2D eigenvalue weighted by atomic mass is 79.9. The van der Waals surface area contributed by atoms with Crippen LogP contribution in [0.5, 0.6) is 0 Å². The van der Waals surface area contributed by atoms with Crippen LogP contribution in [0, 0.1) is 0 Å². The van der Waals surface area contributed by atoms with Crippen LogP contribution in [-0.2, 0) is 29.2 Å². The van der Waals surface area contributed by atoms with Crippen molar-refractivity contribution in [3.05, 3.63) is 15.9 Å². The number of aromatic nitrogens is 2. The average molecular weight is 334 g/mol. The molecule has 0 radical (unpaired) electrons. The zero-order valence-electron chi connectivity index (χ0n) is 11.1. The van der Waals surface area contributed by atoms with Crippen molar-refractivity contribution < 1.29 is 14.6 Å². The average Bonchev–Trinajstić information content (AvgIpc) is 2.74. The fraction of sp³-hybridized carbons (Fsp3) is 0.750. The molecule has 1 saturated heterocycles. The molecule has 0 saturated carbocycles. The molecule has 0 aromatic carbocycles. The van der Waals surface area contributed by atoms with Gasteiger partial charge in [-0.1, -0.05) is 0 Å². The Hall–Kier alpha value is -0.470. The van der Waals surface area contributed by atoms with Crippen molar-refractivity contribution in [2.24, 2.45) is 0 Å². The number of morpholine rings is 1. The predicted octanol–water partition coefficient (Wildman–Crippen LogP) is 0.616. The SMILES string of the molecule is COCCn1nc(CO)c(Br)c1CN1CCOCC1. The summed E-state index contributed by atoms with van der Waals surface area (Å²) in [5.41, 5.74) is 1.77. The molecule has 2 rings (SSSR count). The molecule has 1 aromatic rings. The number of rotatable bonds is 6. The van der Waals surface area contributed by atoms with Gasteiger partial charge in [0.2, 0.25) is 0 Å². The molecule has 1 aromatic heterocycles. The van der Waals surface area contributed by atoms with Crippen molar-refractivity contribution in [3.63, 3.8) is 0 Å². The zero-order chi connectivity index (χ0) is 13.7. The highest BCUT2D eigenvalue weighted by Gasteiger charge is 2.19. The molecule has 1 aliphatic heterocycles. The summed E-state index contributed by atoms with van der Waals surface area (Å²) < 4.78 is 13.3. The van der Waals surface area contributed by atoms with Gasteiger partial charge in [-0.15, -0.1) is 0 Å². The highest BCUT2D eigenvalue weighted by molar-refractivity contribution is 9.10. The minimum atomic E-state index is -0.0589. The summed E-state index contributed by atoms with van der Waals surface area (Å²) in [5, 5.41) is 13.7. The number of methoxy groups -OCH3 is 1. The first-order valence-corrected chi connectivity index (χ1v) is 7.19. The predicted molar refractivity (Wildman–Crippen MR) is 73.8 cm³/mol. The fourth-order valence-electron chi connectivity index (χ4n) is 2.12. The van der Waals surface area contributed by atoms with Gasteiger partial charge in [-0.2, -0.15) is 5.10 Å². The van der Waals surface area contributed by atoms with Gasteiger partial charge < -0.3 is 14.6 Å². The minimum Gasteiger partial charge on any atom is -0.390 e. The Morgan fingerprint density at radius 1 is 1.42 bits per heavy atom. The van der Waals surface area contributed by atoms with Gasteiger partial charge in [0.15, 0.2) is 0 Å². The maximum Gasteiger partial charge on any atom is 0.102 e. The Balaban J connectivity index is 2.12. The maximum atomic E-state index is 9.32. The Bertz CT molecular complexity index is 405. The van der Waals surface area contributed by atoms with Gasteiger partial charge in [-0.3, -0.25) is 9.58 Å². The summed E-state index contributed by atoms with van der Waals surface area (Å²) in [5.74, 6) is 0. The second kappa shape index (κ2) is 7.35. The topological polar surface area (TPSA) is 59.8 Å². The molecule has 0 amide bonds. The van der Waals surface area contributed by atoms with Crippen molar-refractivity contribution in [3.8, 4) is 0 Å². The molecule has 7 heteroatoms. The Morgan fingerprint density at radius 2 is 2.16 bits per heavy atom. The van der Waals surface area contributed by atoms with Gasteiger partial charge >= 0.3 is 0 Å². The number of hydrogen-bond donors (Lipinski definition) is 1. The number of aliphatic hydroxyl groups excluding tert-OH is 1. The van der Waals surface area contributed by atoms with Crippen LogP contribution >= 0.6 is 15.9 Å². The minimum absolute atomic E-state index is 0.0589. The Kier molecular flexibility index (Phi) is 5.77. The van der Waals surface area contributed by atoms with Crippen LogP contribution in [0.15, 0.2) is 4.47 Å². The molecule has 0 aliphatic carbocycles. The van der Waals surface area contributed by atoms with E-state index in [1.54, 1.807) is 7.11 Å². The molecule has 0 bridgehead atoms. The third kappa shape index (κ3) is 3.76. The third-order valence-electron chi connectivity index (χ3n) is 3.19. The van der Waals surface area contributed by atoms with Crippen molar-refractivity contribution in [1.82, 2.24) is 14.7 Å². The third-order valence-corrected chi connectivity index (χ3v) is 4.11. The molecular weight excluding hydrogens is 314 g/mol. The summed E-state index contributed by atoms with van der Waals surface area (Å²) in [4.78, 5) is 2.33. The molecule has 1 fully saturated rings. The molecule has 6 nitrogen and oxygen atoms in total. The summed E-state index contributed by atoms with van der Waals surface area (Å²) in [6, 6.07) is 0. The zero-order valence-corrected chi connectivity index (χ0v) is 12.7. The second-order valence-electron chi connectivity index (χ2n) is 4.47. The van der Waals surface area contributed by atoms with Crippen molar-refractivity contribution in [1.29, 1.82) is 0 Å². The van der Waals surface area contributed by atoms with Crippen LogP contribution in [0.4, 0.5) is 0 Å². The lowest BCUT2D eigenvalue weighted by atomic mass is 10.3. The lowest BCUT2D eigenvalue weighted by Gasteiger charge is -2.26. The Morgan fingerprint density at radius 3 is 2.79 bits per heavy atom. The van der Waals surface area contributed by atoms with E-state index in [9.17, 15) is 5.11 Å². The smallest absolute Gasteiger partial charge is 0.102 e. The van der Waals surface area contributed by atoms with Crippen LogP contribution in [0.25, 0.3) is 0 Å². The molecule has 0 atom stereocenters. The maximum absolute atomic E-state index is 9.32. The Labute approximate surface area is 121 Å². The van der Waals surface area contributed by atoms with Crippen molar-refractivity contribution in [2.75, 3.05) is 40.0 Å². The number of nitrogens with zero attached hydrogens (tertiary/aromatic N) is 3. The second-order valence-corrected chi connectivity index (χ2v) is 5.26. The molecule has 2 heterocycles. The van der Waals surface area contributed by atoms with Gasteiger partial charge in [0.05, 0.1) is 43.1 Å². The number of halogens is 1. The van der Waals surface area contributed by atoms with Crippen LogP contribution in [0.1, 0.15) is 11.4 Å². The van der Waals surface area contributed by atoms with Gasteiger partial charge in [-0.05, 0) is 15.9 Å². The molecule has 1 N–H and O–H groups in total. The monoisotopic (exact) mass is 333 g/mol. The van der Waals surface area contributed by atoms with Gasteiger partial charge in [-0.25, -0.2) is 0 Å². The van der Waals surface area contributed by atoms with E-state index >= 15 is 0 Å². The van der Waals surface area contributed by atoms with E-state index in [1.807, 2.05) is 4.68 Å². The highest BCUT2D eigenvalue weighted by Crippen LogP contribution is 2.23. The first kappa shape index (κ1) is 14.9. The fourth-order valence-corrected chi connectivity index (χ4v) is 2.65. The lowest BCUT2D eigenvalue weighted by Crippen LogP contribution is -2.36. The number of ether oxygens (including phenoxy) is 2. The molecule has 0 spiro atoms. The van der Waals surface area contributed by atoms with Crippen LogP contribution < -0.4 is 0 Å². The van der Waals surface area contributed by atoms with E-state index < -0.39 is 0 Å². The van der Waals surface area contributed by atoms with E-state index in [-0.39, 0.29) is 6.61 Å². The first-order valence-electron chi connectivity index (χ1n) is 6.40. The van der Waals surface area contributed by atoms with Crippen LogP contribution in [0.3, 0.4) is 0 Å². The summed E-state index contributed by atoms with van der Waals surface area (Å²) in [7, 11) is 1.67. The van der Waals surface area contributed by atoms with Crippen LogP contribution in [0.2, 0.25) is 0 Å². The largest absolute Gasteiger partial charge is 0.390 e. The number of aliphatic hydroxyl groups is 1. The van der Waals surface area contributed by atoms with Crippen LogP contribution in [-0.4, -0.2) is 59.8 Å². The molecule has 1 aliphatic rings. The normalized spacial score (nSPS) is 17.0. The van der Waals surface area contributed by atoms with E-state index in [2.05, 4.69) is 25.9 Å².